The zero-order valence-electron chi connectivity index (χ0n) is 7.04. The summed E-state index contributed by atoms with van der Waals surface area (Å²) in [7, 11) is 0. The van der Waals surface area contributed by atoms with E-state index in [1.165, 1.54) is 0 Å². The second-order valence-corrected chi connectivity index (χ2v) is 2.84. The van der Waals surface area contributed by atoms with E-state index >= 15 is 0 Å². The number of aliphatic hydroxyl groups excluding tert-OH is 4. The van der Waals surface area contributed by atoms with Crippen LogP contribution in [0.25, 0.3) is 0 Å². The minimum absolute atomic E-state index is 0.351. The van der Waals surface area contributed by atoms with E-state index in [2.05, 4.69) is 0 Å². The van der Waals surface area contributed by atoms with E-state index < -0.39 is 31.2 Å². The molecular weight excluding hydrogens is 180 g/mol. The highest BCUT2D eigenvalue weighted by molar-refractivity contribution is 4.78. The smallest absolute Gasteiger partial charge is 0.186 e. The second kappa shape index (κ2) is 4.85. The fourth-order valence-corrected chi connectivity index (χ4v) is 1.07. The number of rotatable bonds is 4. The van der Waals surface area contributed by atoms with Gasteiger partial charge in [0.1, 0.15) is 18.3 Å². The van der Waals surface area contributed by atoms with Crippen molar-refractivity contribution in [2.24, 2.45) is 0 Å². The first-order valence-corrected chi connectivity index (χ1v) is 4.05. The van der Waals surface area contributed by atoms with Crippen molar-refractivity contribution < 1.29 is 29.9 Å². The Hall–Kier alpha value is -0.240. The van der Waals surface area contributed by atoms with Crippen LogP contribution in [0.15, 0.2) is 0 Å². The molecule has 0 aromatic rings. The van der Waals surface area contributed by atoms with E-state index in [1.807, 2.05) is 0 Å². The Morgan fingerprint density at radius 3 is 2.15 bits per heavy atom. The lowest BCUT2D eigenvalue weighted by atomic mass is 10.1. The van der Waals surface area contributed by atoms with Crippen LogP contribution in [0.3, 0.4) is 0 Å². The maximum Gasteiger partial charge on any atom is 0.186 e. The largest absolute Gasteiger partial charge is 0.394 e. The first-order chi connectivity index (χ1) is 6.16. The van der Waals surface area contributed by atoms with Gasteiger partial charge in [0, 0.05) is 0 Å². The van der Waals surface area contributed by atoms with Crippen LogP contribution in [0.5, 0.6) is 0 Å². The molecule has 0 bridgehead atoms. The van der Waals surface area contributed by atoms with Crippen LogP contribution in [0.2, 0.25) is 0 Å². The lowest BCUT2D eigenvalue weighted by Crippen LogP contribution is -2.46. The molecule has 1 aliphatic heterocycles. The Labute approximate surface area is 75.3 Å². The molecule has 6 heteroatoms. The van der Waals surface area contributed by atoms with Crippen LogP contribution >= 0.6 is 0 Å². The highest BCUT2D eigenvalue weighted by Gasteiger charge is 2.34. The predicted molar refractivity (Wildman–Crippen MR) is 40.8 cm³/mol. The average Bonchev–Trinajstić information content (AvgIpc) is 2.67. The van der Waals surface area contributed by atoms with E-state index in [1.54, 1.807) is 0 Å². The van der Waals surface area contributed by atoms with Gasteiger partial charge in [-0.2, -0.15) is 0 Å². The van der Waals surface area contributed by atoms with Gasteiger partial charge in [-0.1, -0.05) is 0 Å². The van der Waals surface area contributed by atoms with Crippen molar-refractivity contribution in [1.82, 2.24) is 0 Å². The summed E-state index contributed by atoms with van der Waals surface area (Å²) in [6.07, 6.45) is -5.11. The van der Waals surface area contributed by atoms with E-state index in [-0.39, 0.29) is 0 Å². The fraction of sp³-hybridized carbons (Fsp3) is 1.00. The predicted octanol–water partition coefficient (Wildman–Crippen LogP) is -2.57. The van der Waals surface area contributed by atoms with Crippen LogP contribution in [-0.4, -0.2) is 64.8 Å². The van der Waals surface area contributed by atoms with Crippen molar-refractivity contribution in [2.45, 2.75) is 24.6 Å². The molecule has 1 fully saturated rings. The standard InChI is InChI=1S/C7H14O6/c8-3-4(9)5(10)6(11)7-12-1-2-13-7/h4-11H,1-3H2/t4-,5-,6+/m1/s1. The summed E-state index contributed by atoms with van der Waals surface area (Å²) in [4.78, 5) is 0. The number of ether oxygens (including phenoxy) is 2. The Morgan fingerprint density at radius 2 is 1.69 bits per heavy atom. The van der Waals surface area contributed by atoms with Gasteiger partial charge >= 0.3 is 0 Å². The lowest BCUT2D eigenvalue weighted by molar-refractivity contribution is -0.178. The van der Waals surface area contributed by atoms with E-state index in [9.17, 15) is 10.2 Å². The van der Waals surface area contributed by atoms with Crippen molar-refractivity contribution >= 4 is 0 Å². The van der Waals surface area contributed by atoms with E-state index in [0.717, 1.165) is 0 Å². The molecule has 0 aliphatic carbocycles. The van der Waals surface area contributed by atoms with Crippen molar-refractivity contribution in [3.63, 3.8) is 0 Å². The highest BCUT2D eigenvalue weighted by atomic mass is 16.7. The zero-order chi connectivity index (χ0) is 9.84. The van der Waals surface area contributed by atoms with Gasteiger partial charge in [0.25, 0.3) is 0 Å². The molecule has 1 rings (SSSR count). The van der Waals surface area contributed by atoms with Crippen molar-refractivity contribution in [3.8, 4) is 0 Å². The van der Waals surface area contributed by atoms with Crippen molar-refractivity contribution in [3.05, 3.63) is 0 Å². The Kier molecular flexibility index (Phi) is 4.04. The topological polar surface area (TPSA) is 99.4 Å². The monoisotopic (exact) mass is 194 g/mol. The summed E-state index contributed by atoms with van der Waals surface area (Å²) in [5.41, 5.74) is 0. The molecular formula is C7H14O6. The molecule has 0 unspecified atom stereocenters. The SMILES string of the molecule is OC[C@@H](O)[C@@H](O)[C@H](O)C1OCCO1. The molecule has 3 atom stereocenters. The van der Waals surface area contributed by atoms with Crippen molar-refractivity contribution in [2.75, 3.05) is 19.8 Å². The van der Waals surface area contributed by atoms with E-state index in [0.29, 0.717) is 13.2 Å². The molecule has 0 aromatic carbocycles. The molecule has 4 N–H and O–H groups in total. The maximum absolute atomic E-state index is 9.35. The summed E-state index contributed by atoms with van der Waals surface area (Å²) in [6, 6.07) is 0. The molecule has 0 spiro atoms. The fourth-order valence-electron chi connectivity index (χ4n) is 1.07. The van der Waals surface area contributed by atoms with Gasteiger partial charge < -0.3 is 29.9 Å². The van der Waals surface area contributed by atoms with Gasteiger partial charge in [0.05, 0.1) is 19.8 Å². The lowest BCUT2D eigenvalue weighted by Gasteiger charge is -2.24. The van der Waals surface area contributed by atoms with Gasteiger partial charge in [-0.15, -0.1) is 0 Å². The van der Waals surface area contributed by atoms with Gasteiger partial charge in [0.2, 0.25) is 0 Å². The Morgan fingerprint density at radius 1 is 1.15 bits per heavy atom. The molecule has 1 saturated heterocycles. The first kappa shape index (κ1) is 10.8. The second-order valence-electron chi connectivity index (χ2n) is 2.84. The first-order valence-electron chi connectivity index (χ1n) is 4.05. The molecule has 1 heterocycles. The molecule has 78 valence electrons. The summed E-state index contributed by atoms with van der Waals surface area (Å²) in [5.74, 6) is 0. The Bertz CT molecular complexity index is 146. The van der Waals surface area contributed by atoms with Crippen LogP contribution in [0, 0.1) is 0 Å². The maximum atomic E-state index is 9.35. The van der Waals surface area contributed by atoms with Crippen LogP contribution in [0.4, 0.5) is 0 Å². The molecule has 0 aromatic heterocycles. The molecule has 0 saturated carbocycles. The summed E-state index contributed by atoms with van der Waals surface area (Å²) >= 11 is 0. The molecule has 0 amide bonds. The molecule has 6 nitrogen and oxygen atoms in total. The molecule has 0 radical (unpaired) electrons. The third-order valence-corrected chi connectivity index (χ3v) is 1.86. The van der Waals surface area contributed by atoms with Gasteiger partial charge in [-0.25, -0.2) is 0 Å². The highest BCUT2D eigenvalue weighted by Crippen LogP contribution is 2.13. The number of hydrogen-bond acceptors (Lipinski definition) is 6. The Balaban J connectivity index is 2.40. The summed E-state index contributed by atoms with van der Waals surface area (Å²) < 4.78 is 9.81. The van der Waals surface area contributed by atoms with Gasteiger partial charge in [-0.05, 0) is 0 Å². The quantitative estimate of drug-likeness (QED) is 0.393. The van der Waals surface area contributed by atoms with Gasteiger partial charge in [0.15, 0.2) is 6.29 Å². The third-order valence-electron chi connectivity index (χ3n) is 1.86. The molecule has 1 aliphatic rings. The average molecular weight is 194 g/mol. The third kappa shape index (κ3) is 2.60. The number of aliphatic hydroxyl groups is 4. The van der Waals surface area contributed by atoms with Crippen LogP contribution < -0.4 is 0 Å². The van der Waals surface area contributed by atoms with Crippen LogP contribution in [0.1, 0.15) is 0 Å². The minimum Gasteiger partial charge on any atom is -0.394 e. The van der Waals surface area contributed by atoms with Gasteiger partial charge in [-0.3, -0.25) is 0 Å². The van der Waals surface area contributed by atoms with E-state index in [4.69, 9.17) is 19.7 Å². The van der Waals surface area contributed by atoms with Crippen molar-refractivity contribution in [1.29, 1.82) is 0 Å². The minimum atomic E-state index is -1.46. The number of hydrogen-bond donors (Lipinski definition) is 4. The van der Waals surface area contributed by atoms with Crippen LogP contribution in [-0.2, 0) is 9.47 Å². The summed E-state index contributed by atoms with van der Waals surface area (Å²) in [5, 5.41) is 36.1. The molecule has 13 heavy (non-hydrogen) atoms. The zero-order valence-corrected chi connectivity index (χ0v) is 7.04. The normalized spacial score (nSPS) is 25.8. The summed E-state index contributed by atoms with van der Waals surface area (Å²) in [6.45, 7) is 0.0816.